The Kier molecular flexibility index (Phi) is 8.75. The monoisotopic (exact) mass is 433 g/mol. The number of primary sulfonamides is 1. The Hall–Kier alpha value is -2.98. The summed E-state index contributed by atoms with van der Waals surface area (Å²) in [5.74, 6) is 0.611. The van der Waals surface area contributed by atoms with Crippen LogP contribution in [0.4, 0.5) is 5.69 Å². The Morgan fingerprint density at radius 3 is 2.23 bits per heavy atom. The SMILES string of the molecule is CCCCCNC(=NCc1ccc(S(N)(=O)=O)cc1)NCc1ccc([N+](=O)[O-])cc1. The highest BCUT2D eigenvalue weighted by Crippen LogP contribution is 2.12. The van der Waals surface area contributed by atoms with Crippen LogP contribution in [0.1, 0.15) is 37.3 Å². The van der Waals surface area contributed by atoms with Gasteiger partial charge in [-0.15, -0.1) is 0 Å². The van der Waals surface area contributed by atoms with Crippen molar-refractivity contribution >= 4 is 21.7 Å². The first-order valence-electron chi connectivity index (χ1n) is 9.67. The Morgan fingerprint density at radius 2 is 1.67 bits per heavy atom. The average molecular weight is 434 g/mol. The zero-order chi connectivity index (χ0) is 22.0. The van der Waals surface area contributed by atoms with Crippen molar-refractivity contribution in [1.29, 1.82) is 0 Å². The van der Waals surface area contributed by atoms with Crippen molar-refractivity contribution in [3.05, 3.63) is 69.8 Å². The molecule has 0 atom stereocenters. The van der Waals surface area contributed by atoms with E-state index in [1.165, 1.54) is 24.3 Å². The number of hydrogen-bond acceptors (Lipinski definition) is 5. The summed E-state index contributed by atoms with van der Waals surface area (Å²) in [5.41, 5.74) is 1.78. The first-order valence-corrected chi connectivity index (χ1v) is 11.2. The minimum absolute atomic E-state index is 0.0493. The summed E-state index contributed by atoms with van der Waals surface area (Å²) in [7, 11) is -3.72. The lowest BCUT2D eigenvalue weighted by Crippen LogP contribution is -2.37. The van der Waals surface area contributed by atoms with Gasteiger partial charge in [-0.25, -0.2) is 18.5 Å². The van der Waals surface area contributed by atoms with Crippen LogP contribution in [0.15, 0.2) is 58.4 Å². The zero-order valence-electron chi connectivity index (χ0n) is 16.9. The van der Waals surface area contributed by atoms with Crippen molar-refractivity contribution < 1.29 is 13.3 Å². The van der Waals surface area contributed by atoms with E-state index in [0.717, 1.165) is 36.9 Å². The summed E-state index contributed by atoms with van der Waals surface area (Å²) in [5, 5.41) is 22.4. The second-order valence-corrected chi connectivity index (χ2v) is 8.33. The largest absolute Gasteiger partial charge is 0.356 e. The van der Waals surface area contributed by atoms with Crippen molar-refractivity contribution in [1.82, 2.24) is 10.6 Å². The fraction of sp³-hybridized carbons (Fsp3) is 0.350. The fourth-order valence-corrected chi connectivity index (χ4v) is 3.15. The number of nitro benzene ring substituents is 1. The van der Waals surface area contributed by atoms with Crippen molar-refractivity contribution in [3.8, 4) is 0 Å². The van der Waals surface area contributed by atoms with E-state index >= 15 is 0 Å². The average Bonchev–Trinajstić information content (AvgIpc) is 2.72. The van der Waals surface area contributed by atoms with Crippen LogP contribution in [0, 0.1) is 10.1 Å². The van der Waals surface area contributed by atoms with Gasteiger partial charge in [0.05, 0.1) is 16.4 Å². The topological polar surface area (TPSA) is 140 Å². The molecule has 0 fully saturated rings. The normalized spacial score (nSPS) is 11.9. The Morgan fingerprint density at radius 1 is 1.03 bits per heavy atom. The van der Waals surface area contributed by atoms with Crippen LogP contribution in [0.3, 0.4) is 0 Å². The first-order chi connectivity index (χ1) is 14.3. The number of hydrogen-bond donors (Lipinski definition) is 3. The van der Waals surface area contributed by atoms with E-state index < -0.39 is 14.9 Å². The lowest BCUT2D eigenvalue weighted by molar-refractivity contribution is -0.384. The molecule has 2 aromatic carbocycles. The molecule has 0 saturated heterocycles. The first kappa shape index (κ1) is 23.3. The highest BCUT2D eigenvalue weighted by Gasteiger charge is 2.07. The molecule has 0 aliphatic heterocycles. The van der Waals surface area contributed by atoms with E-state index in [0.29, 0.717) is 19.0 Å². The van der Waals surface area contributed by atoms with Gasteiger partial charge in [0.15, 0.2) is 5.96 Å². The van der Waals surface area contributed by atoms with Gasteiger partial charge in [-0.3, -0.25) is 10.1 Å². The van der Waals surface area contributed by atoms with E-state index in [2.05, 4.69) is 22.5 Å². The zero-order valence-corrected chi connectivity index (χ0v) is 17.7. The third-order valence-electron chi connectivity index (χ3n) is 4.35. The molecule has 9 nitrogen and oxygen atoms in total. The van der Waals surface area contributed by atoms with Gasteiger partial charge in [-0.05, 0) is 29.7 Å². The Labute approximate surface area is 176 Å². The number of nitrogens with two attached hydrogens (primary N) is 1. The van der Waals surface area contributed by atoms with Gasteiger partial charge >= 0.3 is 0 Å². The molecule has 0 saturated carbocycles. The van der Waals surface area contributed by atoms with Crippen LogP contribution >= 0.6 is 0 Å². The number of rotatable bonds is 10. The molecule has 10 heteroatoms. The number of benzene rings is 2. The van der Waals surface area contributed by atoms with Crippen LogP contribution in [-0.4, -0.2) is 25.8 Å². The summed E-state index contributed by atoms with van der Waals surface area (Å²) in [6.45, 7) is 3.72. The predicted molar refractivity (Wildman–Crippen MR) is 116 cm³/mol. The van der Waals surface area contributed by atoms with Crippen molar-refractivity contribution in [2.24, 2.45) is 10.1 Å². The third-order valence-corrected chi connectivity index (χ3v) is 5.28. The number of guanidine groups is 1. The van der Waals surface area contributed by atoms with Crippen LogP contribution in [0.5, 0.6) is 0 Å². The number of nitrogens with zero attached hydrogens (tertiary/aromatic N) is 2. The fourth-order valence-electron chi connectivity index (χ4n) is 2.63. The number of nitro groups is 1. The minimum Gasteiger partial charge on any atom is -0.356 e. The van der Waals surface area contributed by atoms with E-state index in [1.54, 1.807) is 24.3 Å². The maximum absolute atomic E-state index is 11.4. The molecule has 0 heterocycles. The molecule has 2 rings (SSSR count). The maximum atomic E-state index is 11.4. The molecule has 162 valence electrons. The third kappa shape index (κ3) is 7.80. The smallest absolute Gasteiger partial charge is 0.269 e. The van der Waals surface area contributed by atoms with Crippen LogP contribution in [-0.2, 0) is 23.1 Å². The molecule has 0 spiro atoms. The maximum Gasteiger partial charge on any atom is 0.269 e. The summed E-state index contributed by atoms with van der Waals surface area (Å²) in [6, 6.07) is 12.6. The molecular weight excluding hydrogens is 406 g/mol. The van der Waals surface area contributed by atoms with Gasteiger partial charge in [0, 0.05) is 25.2 Å². The standard InChI is InChI=1S/C20H27N5O4S/c1-2-3-4-13-22-20(23-14-16-5-9-18(10-6-16)25(26)27)24-15-17-7-11-19(12-8-17)30(21,28)29/h5-12H,2-4,13-15H2,1H3,(H2,21,28,29)(H2,22,23,24). The minimum atomic E-state index is -3.72. The van der Waals surface area contributed by atoms with Gasteiger partial charge in [0.25, 0.3) is 5.69 Å². The van der Waals surface area contributed by atoms with Crippen molar-refractivity contribution in [2.75, 3.05) is 6.54 Å². The summed E-state index contributed by atoms with van der Waals surface area (Å²) in [4.78, 5) is 14.9. The molecule has 0 aliphatic carbocycles. The second-order valence-electron chi connectivity index (χ2n) is 6.76. The number of aliphatic imine (C=N–C) groups is 1. The molecule has 0 bridgehead atoms. The number of nitrogens with one attached hydrogen (secondary N) is 2. The lowest BCUT2D eigenvalue weighted by Gasteiger charge is -2.13. The molecule has 30 heavy (non-hydrogen) atoms. The predicted octanol–water partition coefficient (Wildman–Crippen LogP) is 2.67. The number of unbranched alkanes of at least 4 members (excludes halogenated alkanes) is 2. The van der Waals surface area contributed by atoms with Crippen molar-refractivity contribution in [3.63, 3.8) is 0 Å². The van der Waals surface area contributed by atoms with Gasteiger partial charge in [-0.2, -0.15) is 0 Å². The summed E-state index contributed by atoms with van der Waals surface area (Å²) in [6.07, 6.45) is 3.23. The van der Waals surface area contributed by atoms with E-state index in [9.17, 15) is 18.5 Å². The van der Waals surface area contributed by atoms with E-state index in [1.807, 2.05) is 0 Å². The molecule has 0 aliphatic rings. The lowest BCUT2D eigenvalue weighted by atomic mass is 10.2. The quantitative estimate of drug-likeness (QED) is 0.173. The second kappa shape index (κ2) is 11.3. The van der Waals surface area contributed by atoms with Crippen LogP contribution in [0.25, 0.3) is 0 Å². The highest BCUT2D eigenvalue weighted by atomic mass is 32.2. The van der Waals surface area contributed by atoms with Crippen LogP contribution in [0.2, 0.25) is 0 Å². The van der Waals surface area contributed by atoms with Crippen molar-refractivity contribution in [2.45, 2.75) is 44.2 Å². The van der Waals surface area contributed by atoms with E-state index in [4.69, 9.17) is 5.14 Å². The molecule has 4 N–H and O–H groups in total. The molecule has 0 aromatic heterocycles. The molecule has 0 unspecified atom stereocenters. The summed E-state index contributed by atoms with van der Waals surface area (Å²) >= 11 is 0. The van der Waals surface area contributed by atoms with Gasteiger partial charge < -0.3 is 10.6 Å². The van der Waals surface area contributed by atoms with Gasteiger partial charge in [0.1, 0.15) is 0 Å². The van der Waals surface area contributed by atoms with E-state index in [-0.39, 0.29) is 10.6 Å². The summed E-state index contributed by atoms with van der Waals surface area (Å²) < 4.78 is 22.7. The van der Waals surface area contributed by atoms with Gasteiger partial charge in [0.2, 0.25) is 10.0 Å². The highest BCUT2D eigenvalue weighted by molar-refractivity contribution is 7.89. The number of non-ortho nitro benzene ring substituents is 1. The molecule has 0 radical (unpaired) electrons. The van der Waals surface area contributed by atoms with Gasteiger partial charge in [-0.1, -0.05) is 44.0 Å². The molecule has 0 amide bonds. The van der Waals surface area contributed by atoms with Crippen LogP contribution < -0.4 is 15.8 Å². The Bertz CT molecular complexity index is 958. The molecule has 2 aromatic rings. The molecular formula is C20H27N5O4S. The number of sulfonamides is 1. The Balaban J connectivity index is 2.02.